The minimum Gasteiger partial charge on any atom is -0.496 e. The largest absolute Gasteiger partial charge is 0.496 e. The van der Waals surface area contributed by atoms with Gasteiger partial charge in [-0.1, -0.05) is 25.4 Å². The number of aliphatic hydroxyl groups is 2. The molecule has 1 aromatic rings. The average molecular weight is 245 g/mol. The predicted molar refractivity (Wildman–Crippen MR) is 63.8 cm³/mol. The zero-order valence-corrected chi connectivity index (χ0v) is 10.4. The van der Waals surface area contributed by atoms with Crippen LogP contribution in [0.25, 0.3) is 0 Å². The molecule has 2 unspecified atom stereocenters. The van der Waals surface area contributed by atoms with E-state index < -0.39 is 12.2 Å². The first-order chi connectivity index (χ1) is 7.47. The number of benzene rings is 1. The molecule has 90 valence electrons. The number of hydrogen-bond donors (Lipinski definition) is 2. The number of hydrogen-bond acceptors (Lipinski definition) is 3. The average Bonchev–Trinajstić information content (AvgIpc) is 2.26. The SMILES string of the molecule is COc1ccc(Cl)cc1C(O)C(O)C(C)C. The molecule has 0 aromatic heterocycles. The third kappa shape index (κ3) is 2.88. The van der Waals surface area contributed by atoms with E-state index in [-0.39, 0.29) is 5.92 Å². The summed E-state index contributed by atoms with van der Waals surface area (Å²) in [5.74, 6) is 0.482. The van der Waals surface area contributed by atoms with Crippen molar-refractivity contribution >= 4 is 11.6 Å². The van der Waals surface area contributed by atoms with Crippen LogP contribution < -0.4 is 4.74 Å². The van der Waals surface area contributed by atoms with Crippen LogP contribution in [0.3, 0.4) is 0 Å². The van der Waals surface area contributed by atoms with E-state index in [1.807, 2.05) is 13.8 Å². The van der Waals surface area contributed by atoms with Crippen LogP contribution in [0.15, 0.2) is 18.2 Å². The lowest BCUT2D eigenvalue weighted by Gasteiger charge is -2.23. The smallest absolute Gasteiger partial charge is 0.124 e. The molecule has 4 heteroatoms. The van der Waals surface area contributed by atoms with Gasteiger partial charge in [0, 0.05) is 10.6 Å². The molecule has 0 fully saturated rings. The Labute approximate surface area is 101 Å². The minimum absolute atomic E-state index is 0.0429. The van der Waals surface area contributed by atoms with E-state index in [0.717, 1.165) is 0 Å². The van der Waals surface area contributed by atoms with E-state index >= 15 is 0 Å². The van der Waals surface area contributed by atoms with Gasteiger partial charge in [-0.25, -0.2) is 0 Å². The van der Waals surface area contributed by atoms with Crippen molar-refractivity contribution in [1.82, 2.24) is 0 Å². The van der Waals surface area contributed by atoms with Crippen LogP contribution in [0.4, 0.5) is 0 Å². The molecule has 0 aliphatic heterocycles. The van der Waals surface area contributed by atoms with Gasteiger partial charge in [-0.05, 0) is 24.1 Å². The van der Waals surface area contributed by atoms with Crippen LogP contribution in [-0.4, -0.2) is 23.4 Å². The second-order valence-corrected chi connectivity index (χ2v) is 4.50. The minimum atomic E-state index is -0.992. The van der Waals surface area contributed by atoms with Gasteiger partial charge in [0.2, 0.25) is 0 Å². The second-order valence-electron chi connectivity index (χ2n) is 4.07. The standard InChI is InChI=1S/C12H17ClO3/c1-7(2)11(14)12(15)9-6-8(13)4-5-10(9)16-3/h4-7,11-12,14-15H,1-3H3. The van der Waals surface area contributed by atoms with E-state index in [1.165, 1.54) is 7.11 Å². The van der Waals surface area contributed by atoms with Gasteiger partial charge in [0.1, 0.15) is 11.9 Å². The lowest BCUT2D eigenvalue weighted by molar-refractivity contribution is -0.0105. The highest BCUT2D eigenvalue weighted by Crippen LogP contribution is 2.31. The summed E-state index contributed by atoms with van der Waals surface area (Å²) in [5.41, 5.74) is 0.510. The summed E-state index contributed by atoms with van der Waals surface area (Å²) >= 11 is 5.85. The number of ether oxygens (including phenoxy) is 1. The van der Waals surface area contributed by atoms with Crippen LogP contribution in [-0.2, 0) is 0 Å². The molecule has 0 aliphatic rings. The molecule has 1 aromatic carbocycles. The van der Waals surface area contributed by atoms with Crippen molar-refractivity contribution < 1.29 is 14.9 Å². The van der Waals surface area contributed by atoms with Crippen LogP contribution in [0, 0.1) is 5.92 Å². The zero-order valence-electron chi connectivity index (χ0n) is 9.64. The van der Waals surface area contributed by atoms with Crippen molar-refractivity contribution in [3.8, 4) is 5.75 Å². The van der Waals surface area contributed by atoms with Gasteiger partial charge in [0.05, 0.1) is 13.2 Å². The molecule has 2 atom stereocenters. The Balaban J connectivity index is 3.05. The van der Waals surface area contributed by atoms with Gasteiger partial charge in [0.25, 0.3) is 0 Å². The van der Waals surface area contributed by atoms with Crippen molar-refractivity contribution in [2.75, 3.05) is 7.11 Å². The Morgan fingerprint density at radius 2 is 1.88 bits per heavy atom. The maximum Gasteiger partial charge on any atom is 0.124 e. The molecule has 0 saturated carbocycles. The highest BCUT2D eigenvalue weighted by molar-refractivity contribution is 6.30. The number of methoxy groups -OCH3 is 1. The third-order valence-corrected chi connectivity index (χ3v) is 2.75. The summed E-state index contributed by atoms with van der Waals surface area (Å²) in [4.78, 5) is 0. The van der Waals surface area contributed by atoms with Crippen LogP contribution >= 0.6 is 11.6 Å². The van der Waals surface area contributed by atoms with E-state index in [9.17, 15) is 10.2 Å². The monoisotopic (exact) mass is 244 g/mol. The number of aliphatic hydroxyl groups excluding tert-OH is 2. The van der Waals surface area contributed by atoms with Gasteiger partial charge in [-0.15, -0.1) is 0 Å². The highest BCUT2D eigenvalue weighted by atomic mass is 35.5. The first kappa shape index (κ1) is 13.3. The van der Waals surface area contributed by atoms with Crippen molar-refractivity contribution in [3.05, 3.63) is 28.8 Å². The molecule has 1 rings (SSSR count). The maximum absolute atomic E-state index is 10.0. The molecule has 0 aliphatic carbocycles. The van der Waals surface area contributed by atoms with Crippen LogP contribution in [0.2, 0.25) is 5.02 Å². The molecule has 0 heterocycles. The lowest BCUT2D eigenvalue weighted by atomic mass is 9.95. The molecule has 0 radical (unpaired) electrons. The fourth-order valence-corrected chi connectivity index (χ4v) is 1.67. The quantitative estimate of drug-likeness (QED) is 0.855. The summed E-state index contributed by atoms with van der Waals surface area (Å²) in [7, 11) is 1.52. The Bertz CT molecular complexity index is 352. The molecule has 0 bridgehead atoms. The van der Waals surface area contributed by atoms with E-state index in [4.69, 9.17) is 16.3 Å². The summed E-state index contributed by atoms with van der Waals surface area (Å²) in [6.45, 7) is 3.68. The number of halogens is 1. The third-order valence-electron chi connectivity index (χ3n) is 2.52. The van der Waals surface area contributed by atoms with Gasteiger partial charge >= 0.3 is 0 Å². The van der Waals surface area contributed by atoms with Crippen molar-refractivity contribution in [3.63, 3.8) is 0 Å². The Morgan fingerprint density at radius 3 is 2.38 bits per heavy atom. The Morgan fingerprint density at radius 1 is 1.25 bits per heavy atom. The molecule has 2 N–H and O–H groups in total. The Hall–Kier alpha value is -0.770. The summed E-state index contributed by atoms with van der Waals surface area (Å²) in [6, 6.07) is 4.96. The molecule has 3 nitrogen and oxygen atoms in total. The van der Waals surface area contributed by atoms with Crippen molar-refractivity contribution in [1.29, 1.82) is 0 Å². The fourth-order valence-electron chi connectivity index (χ4n) is 1.48. The highest BCUT2D eigenvalue weighted by Gasteiger charge is 2.24. The molecule has 0 saturated heterocycles. The van der Waals surface area contributed by atoms with Crippen molar-refractivity contribution in [2.45, 2.75) is 26.1 Å². The van der Waals surface area contributed by atoms with Gasteiger partial charge < -0.3 is 14.9 Å². The zero-order chi connectivity index (χ0) is 12.3. The summed E-state index contributed by atoms with van der Waals surface area (Å²) < 4.78 is 5.12. The predicted octanol–water partition coefficient (Wildman–Crippen LogP) is 2.40. The molecular formula is C12H17ClO3. The van der Waals surface area contributed by atoms with E-state index in [2.05, 4.69) is 0 Å². The Kier molecular flexibility index (Phi) is 4.59. The first-order valence-corrected chi connectivity index (χ1v) is 5.54. The summed E-state index contributed by atoms with van der Waals surface area (Å²) in [6.07, 6.45) is -1.83. The van der Waals surface area contributed by atoms with Gasteiger partial charge in [0.15, 0.2) is 0 Å². The number of rotatable bonds is 4. The normalized spacial score (nSPS) is 14.9. The van der Waals surface area contributed by atoms with Crippen LogP contribution in [0.5, 0.6) is 5.75 Å². The van der Waals surface area contributed by atoms with Gasteiger partial charge in [-0.3, -0.25) is 0 Å². The second kappa shape index (κ2) is 5.53. The molecule has 0 spiro atoms. The molecule has 0 amide bonds. The van der Waals surface area contributed by atoms with E-state index in [0.29, 0.717) is 16.3 Å². The topological polar surface area (TPSA) is 49.7 Å². The summed E-state index contributed by atoms with van der Waals surface area (Å²) in [5, 5.41) is 20.3. The van der Waals surface area contributed by atoms with Crippen LogP contribution in [0.1, 0.15) is 25.5 Å². The molecule has 16 heavy (non-hydrogen) atoms. The van der Waals surface area contributed by atoms with E-state index in [1.54, 1.807) is 18.2 Å². The van der Waals surface area contributed by atoms with Crippen molar-refractivity contribution in [2.24, 2.45) is 5.92 Å². The van der Waals surface area contributed by atoms with Gasteiger partial charge in [-0.2, -0.15) is 0 Å². The maximum atomic E-state index is 10.0. The lowest BCUT2D eigenvalue weighted by Crippen LogP contribution is -2.24. The fraction of sp³-hybridized carbons (Fsp3) is 0.500. The molecular weight excluding hydrogens is 228 g/mol. The first-order valence-electron chi connectivity index (χ1n) is 5.17.